The van der Waals surface area contributed by atoms with E-state index in [4.69, 9.17) is 11.2 Å². The molecule has 18 heavy (non-hydrogen) atoms. The van der Waals surface area contributed by atoms with Crippen LogP contribution in [0.25, 0.3) is 12.2 Å². The Hall–Kier alpha value is -2.60. The van der Waals surface area contributed by atoms with Gasteiger partial charge in [-0.2, -0.15) is 0 Å². The van der Waals surface area contributed by atoms with Gasteiger partial charge in [0, 0.05) is 6.20 Å². The summed E-state index contributed by atoms with van der Waals surface area (Å²) in [6.07, 6.45) is 12.3. The molecule has 0 saturated heterocycles. The largest absolute Gasteiger partial charge is 0.481 e. The predicted octanol–water partition coefficient (Wildman–Crippen LogP) is 2.66. The molecule has 1 heterocycles. The van der Waals surface area contributed by atoms with Gasteiger partial charge in [-0.3, -0.25) is 0 Å². The van der Waals surface area contributed by atoms with Gasteiger partial charge in [0.05, 0.1) is 5.69 Å². The summed E-state index contributed by atoms with van der Waals surface area (Å²) >= 11 is 0. The van der Waals surface area contributed by atoms with Crippen molar-refractivity contribution in [2.75, 3.05) is 6.61 Å². The smallest absolute Gasteiger partial charge is 0.148 e. The molecular formula is C15H12N2O. The molecule has 3 heteroatoms. The Labute approximate surface area is 106 Å². The Morgan fingerprint density at radius 2 is 2.00 bits per heavy atom. The Morgan fingerprint density at radius 3 is 2.67 bits per heavy atom. The van der Waals surface area contributed by atoms with Crippen molar-refractivity contribution in [2.45, 2.75) is 0 Å². The fourth-order valence-electron chi connectivity index (χ4n) is 1.38. The van der Waals surface area contributed by atoms with E-state index in [9.17, 15) is 0 Å². The van der Waals surface area contributed by atoms with E-state index in [1.165, 1.54) is 6.33 Å². The first-order valence-electron chi connectivity index (χ1n) is 5.49. The number of benzene rings is 1. The summed E-state index contributed by atoms with van der Waals surface area (Å²) in [5.41, 5.74) is 1.94. The molecule has 0 aliphatic rings. The van der Waals surface area contributed by atoms with E-state index < -0.39 is 0 Å². The van der Waals surface area contributed by atoms with Gasteiger partial charge in [-0.15, -0.1) is 6.42 Å². The van der Waals surface area contributed by atoms with E-state index >= 15 is 0 Å². The molecule has 0 amide bonds. The van der Waals surface area contributed by atoms with Crippen LogP contribution in [-0.2, 0) is 0 Å². The number of aromatic nitrogens is 2. The highest BCUT2D eigenvalue weighted by Crippen LogP contribution is 2.13. The summed E-state index contributed by atoms with van der Waals surface area (Å²) in [6, 6.07) is 9.54. The summed E-state index contributed by atoms with van der Waals surface area (Å²) in [6.45, 7) is 0.288. The highest BCUT2D eigenvalue weighted by atomic mass is 16.5. The Bertz CT molecular complexity index is 553. The zero-order valence-corrected chi connectivity index (χ0v) is 9.78. The van der Waals surface area contributed by atoms with Crippen LogP contribution >= 0.6 is 0 Å². The molecule has 0 N–H and O–H groups in total. The lowest BCUT2D eigenvalue weighted by Gasteiger charge is -2.01. The minimum Gasteiger partial charge on any atom is -0.481 e. The van der Waals surface area contributed by atoms with E-state index in [-0.39, 0.29) is 6.61 Å². The SMILES string of the molecule is C#CCOc1ccc(/C=C/c2ccncn2)cc1. The number of hydrogen-bond donors (Lipinski definition) is 0. The fraction of sp³-hybridized carbons (Fsp3) is 0.0667. The molecule has 0 unspecified atom stereocenters. The second-order valence-corrected chi connectivity index (χ2v) is 3.53. The first kappa shape index (κ1) is 11.9. The molecule has 3 nitrogen and oxygen atoms in total. The molecule has 0 bridgehead atoms. The monoisotopic (exact) mass is 236 g/mol. The van der Waals surface area contributed by atoms with Crippen LogP contribution in [-0.4, -0.2) is 16.6 Å². The maximum absolute atomic E-state index is 5.29. The second kappa shape index (κ2) is 6.21. The topological polar surface area (TPSA) is 35.0 Å². The van der Waals surface area contributed by atoms with Gasteiger partial charge in [-0.25, -0.2) is 9.97 Å². The summed E-state index contributed by atoms with van der Waals surface area (Å²) in [7, 11) is 0. The van der Waals surface area contributed by atoms with Crippen LogP contribution in [0.15, 0.2) is 42.9 Å². The maximum atomic E-state index is 5.29. The number of nitrogens with zero attached hydrogens (tertiary/aromatic N) is 2. The van der Waals surface area contributed by atoms with Crippen molar-refractivity contribution in [3.63, 3.8) is 0 Å². The highest BCUT2D eigenvalue weighted by Gasteiger charge is 1.92. The average Bonchev–Trinajstić information content (AvgIpc) is 2.45. The van der Waals surface area contributed by atoms with Crippen molar-refractivity contribution in [1.82, 2.24) is 9.97 Å². The molecule has 0 saturated carbocycles. The summed E-state index contributed by atoms with van der Waals surface area (Å²) in [5, 5.41) is 0. The molecule has 0 spiro atoms. The quantitative estimate of drug-likeness (QED) is 0.765. The molecule has 0 radical (unpaired) electrons. The van der Waals surface area contributed by atoms with Gasteiger partial charge in [0.2, 0.25) is 0 Å². The van der Waals surface area contributed by atoms with Crippen LogP contribution in [0.1, 0.15) is 11.3 Å². The zero-order chi connectivity index (χ0) is 12.6. The Balaban J connectivity index is 2.02. The number of terminal acetylenes is 1. The lowest BCUT2D eigenvalue weighted by molar-refractivity contribution is 0.370. The van der Waals surface area contributed by atoms with Crippen molar-refractivity contribution in [3.05, 3.63) is 54.1 Å². The Morgan fingerprint density at radius 1 is 1.17 bits per heavy atom. The van der Waals surface area contributed by atoms with Crippen LogP contribution in [0.2, 0.25) is 0 Å². The minimum absolute atomic E-state index is 0.288. The summed E-state index contributed by atoms with van der Waals surface area (Å²) in [4.78, 5) is 7.97. The van der Waals surface area contributed by atoms with Crippen molar-refractivity contribution < 1.29 is 4.74 Å². The van der Waals surface area contributed by atoms with Gasteiger partial charge in [0.15, 0.2) is 0 Å². The van der Waals surface area contributed by atoms with Crippen molar-refractivity contribution in [3.8, 4) is 18.1 Å². The summed E-state index contributed by atoms with van der Waals surface area (Å²) < 4.78 is 5.29. The number of rotatable bonds is 4. The third-order valence-corrected chi connectivity index (χ3v) is 2.25. The van der Waals surface area contributed by atoms with Gasteiger partial charge >= 0.3 is 0 Å². The first-order valence-corrected chi connectivity index (χ1v) is 5.49. The molecule has 0 atom stereocenters. The van der Waals surface area contributed by atoms with E-state index in [0.29, 0.717) is 0 Å². The standard InChI is InChI=1S/C15H12N2O/c1-2-11-18-15-7-4-13(5-8-15)3-6-14-9-10-16-12-17-14/h1,3-10,12H,11H2/b6-3+. The molecule has 0 aliphatic heterocycles. The zero-order valence-electron chi connectivity index (χ0n) is 9.78. The second-order valence-electron chi connectivity index (χ2n) is 3.53. The molecule has 0 aliphatic carbocycles. The average molecular weight is 236 g/mol. The molecular weight excluding hydrogens is 224 g/mol. The van der Waals surface area contributed by atoms with Crippen molar-refractivity contribution in [2.24, 2.45) is 0 Å². The lowest BCUT2D eigenvalue weighted by Crippen LogP contribution is -1.92. The minimum atomic E-state index is 0.288. The normalized spacial score (nSPS) is 10.2. The van der Waals surface area contributed by atoms with Gasteiger partial charge in [-0.1, -0.05) is 24.1 Å². The molecule has 0 fully saturated rings. The first-order chi connectivity index (χ1) is 8.88. The summed E-state index contributed by atoms with van der Waals surface area (Å²) in [5.74, 6) is 3.20. The van der Waals surface area contributed by atoms with Crippen LogP contribution in [0.3, 0.4) is 0 Å². The van der Waals surface area contributed by atoms with Gasteiger partial charge in [0.1, 0.15) is 18.7 Å². The lowest BCUT2D eigenvalue weighted by atomic mass is 10.2. The van der Waals surface area contributed by atoms with Crippen LogP contribution in [0, 0.1) is 12.3 Å². The van der Waals surface area contributed by atoms with Crippen molar-refractivity contribution >= 4 is 12.2 Å². The van der Waals surface area contributed by atoms with E-state index in [2.05, 4.69) is 15.9 Å². The number of ether oxygens (including phenoxy) is 1. The van der Waals surface area contributed by atoms with Gasteiger partial charge in [0.25, 0.3) is 0 Å². The van der Waals surface area contributed by atoms with Gasteiger partial charge < -0.3 is 4.74 Å². The fourth-order valence-corrected chi connectivity index (χ4v) is 1.38. The number of hydrogen-bond acceptors (Lipinski definition) is 3. The molecule has 88 valence electrons. The van der Waals surface area contributed by atoms with E-state index in [0.717, 1.165) is 17.0 Å². The van der Waals surface area contributed by atoms with E-state index in [1.807, 2.05) is 42.5 Å². The molecule has 2 rings (SSSR count). The Kier molecular flexibility index (Phi) is 4.10. The molecule has 1 aromatic heterocycles. The molecule has 2 aromatic rings. The van der Waals surface area contributed by atoms with Crippen molar-refractivity contribution in [1.29, 1.82) is 0 Å². The third kappa shape index (κ3) is 3.46. The van der Waals surface area contributed by atoms with Crippen LogP contribution < -0.4 is 4.74 Å². The predicted molar refractivity (Wildman–Crippen MR) is 71.7 cm³/mol. The van der Waals surface area contributed by atoms with Gasteiger partial charge in [-0.05, 0) is 29.8 Å². The van der Waals surface area contributed by atoms with Crippen LogP contribution in [0.5, 0.6) is 5.75 Å². The maximum Gasteiger partial charge on any atom is 0.148 e. The highest BCUT2D eigenvalue weighted by molar-refractivity contribution is 5.67. The molecule has 1 aromatic carbocycles. The third-order valence-electron chi connectivity index (χ3n) is 2.25. The van der Waals surface area contributed by atoms with Crippen LogP contribution in [0.4, 0.5) is 0 Å². The van der Waals surface area contributed by atoms with E-state index in [1.54, 1.807) is 6.20 Å².